The van der Waals surface area contributed by atoms with E-state index >= 15 is 4.79 Å². The molecule has 2 unspecified atom stereocenters. The molecular weight excluding hydrogens is 637 g/mol. The van der Waals surface area contributed by atoms with E-state index in [2.05, 4.69) is 64.1 Å². The Morgan fingerprint density at radius 3 is 1.23 bits per heavy atom. The van der Waals surface area contributed by atoms with Crippen LogP contribution < -0.4 is 0 Å². The third-order valence-electron chi connectivity index (χ3n) is 13.0. The van der Waals surface area contributed by atoms with Crippen molar-refractivity contribution < 1.29 is 15.0 Å². The molecule has 2 saturated carbocycles. The van der Waals surface area contributed by atoms with Crippen molar-refractivity contribution in [2.24, 2.45) is 0 Å². The van der Waals surface area contributed by atoms with Crippen molar-refractivity contribution in [2.75, 3.05) is 0 Å². The van der Waals surface area contributed by atoms with Crippen LogP contribution in [0.15, 0.2) is 36.4 Å². The lowest BCUT2D eigenvalue weighted by molar-refractivity contribution is -0.00211. The first kappa shape index (κ1) is 42.8. The summed E-state index contributed by atoms with van der Waals surface area (Å²) in [5.41, 5.74) is 4.22. The van der Waals surface area contributed by atoms with E-state index in [9.17, 15) is 10.2 Å². The monoisotopic (exact) mass is 715 g/mol. The van der Waals surface area contributed by atoms with Gasteiger partial charge in [-0.2, -0.15) is 0 Å². The predicted octanol–water partition coefficient (Wildman–Crippen LogP) is 14.5. The predicted molar refractivity (Wildman–Crippen MR) is 222 cm³/mol. The second kappa shape index (κ2) is 22.4. The van der Waals surface area contributed by atoms with Gasteiger partial charge in [-0.25, -0.2) is 0 Å². The Bertz CT molecular complexity index is 1210. The molecule has 2 atom stereocenters. The molecule has 0 saturated heterocycles. The minimum Gasteiger partial charge on any atom is -0.385 e. The zero-order valence-electron chi connectivity index (χ0n) is 34.2. The van der Waals surface area contributed by atoms with Crippen LogP contribution in [0.5, 0.6) is 0 Å². The number of ketones is 1. The van der Waals surface area contributed by atoms with Gasteiger partial charge in [0.05, 0.1) is 11.2 Å². The lowest BCUT2D eigenvalue weighted by atomic mass is 9.70. The van der Waals surface area contributed by atoms with Gasteiger partial charge in [-0.15, -0.1) is 0 Å². The maximum Gasteiger partial charge on any atom is 0.193 e. The number of rotatable bonds is 24. The normalized spacial score (nSPS) is 18.3. The van der Waals surface area contributed by atoms with Gasteiger partial charge in [-0.05, 0) is 85.5 Å². The van der Waals surface area contributed by atoms with Gasteiger partial charge in [-0.1, -0.05) is 193 Å². The van der Waals surface area contributed by atoms with Gasteiger partial charge in [0.25, 0.3) is 0 Å². The number of hydrogen-bond donors (Lipinski definition) is 2. The van der Waals surface area contributed by atoms with Crippen LogP contribution in [0.1, 0.15) is 257 Å². The molecule has 2 aliphatic rings. The molecule has 2 aromatic carbocycles. The summed E-state index contributed by atoms with van der Waals surface area (Å²) in [6, 6.07) is 12.6. The van der Waals surface area contributed by atoms with Gasteiger partial charge in [0.2, 0.25) is 0 Å². The van der Waals surface area contributed by atoms with Crippen LogP contribution in [-0.2, 0) is 11.2 Å². The minimum atomic E-state index is -0.874. The lowest BCUT2D eigenvalue weighted by Crippen LogP contribution is -2.32. The van der Waals surface area contributed by atoms with E-state index in [0.29, 0.717) is 0 Å². The number of carbonyl (C=O) groups is 1. The zero-order chi connectivity index (χ0) is 37.2. The standard InChI is InChI=1S/C49H78O3/c1-5-9-11-13-15-19-29-39(27-7-3)45-41(31-25-33-43(45)48(51)35-21-17-22-36-48)47(50)42-32-26-34-44(49(52)37-23-18-24-38-49)46(42)40(28-8-4)30-20-16-14-12-10-6-2/h25-26,31-34,39-40,51-52H,5-24,27-30,35-38H2,1-4H3. The molecule has 0 amide bonds. The lowest BCUT2D eigenvalue weighted by Gasteiger charge is -2.37. The summed E-state index contributed by atoms with van der Waals surface area (Å²) in [5.74, 6) is 0.614. The molecule has 2 aliphatic carbocycles. The van der Waals surface area contributed by atoms with E-state index in [1.807, 2.05) is 0 Å². The Morgan fingerprint density at radius 1 is 0.500 bits per heavy atom. The topological polar surface area (TPSA) is 57.5 Å². The smallest absolute Gasteiger partial charge is 0.193 e. The molecule has 292 valence electrons. The van der Waals surface area contributed by atoms with Crippen LogP contribution in [0.3, 0.4) is 0 Å². The summed E-state index contributed by atoms with van der Waals surface area (Å²) < 4.78 is 0. The van der Waals surface area contributed by atoms with Crippen molar-refractivity contribution >= 4 is 5.78 Å². The first-order chi connectivity index (χ1) is 25.3. The molecule has 0 aliphatic heterocycles. The molecule has 2 N–H and O–H groups in total. The quantitative estimate of drug-likeness (QED) is 0.0841. The average Bonchev–Trinajstić information content (AvgIpc) is 3.16. The van der Waals surface area contributed by atoms with Crippen LogP contribution in [0.25, 0.3) is 0 Å². The molecule has 0 radical (unpaired) electrons. The van der Waals surface area contributed by atoms with Gasteiger partial charge in [0, 0.05) is 11.1 Å². The third-order valence-corrected chi connectivity index (χ3v) is 13.0. The molecule has 3 nitrogen and oxygen atoms in total. The highest BCUT2D eigenvalue weighted by molar-refractivity contribution is 6.11. The number of hydrogen-bond acceptors (Lipinski definition) is 3. The molecule has 0 bridgehead atoms. The molecule has 52 heavy (non-hydrogen) atoms. The van der Waals surface area contributed by atoms with Gasteiger partial charge in [0.15, 0.2) is 5.78 Å². The average molecular weight is 715 g/mol. The van der Waals surface area contributed by atoms with Gasteiger partial charge in [0.1, 0.15) is 0 Å². The highest BCUT2D eigenvalue weighted by atomic mass is 16.3. The van der Waals surface area contributed by atoms with Crippen molar-refractivity contribution in [1.82, 2.24) is 0 Å². The van der Waals surface area contributed by atoms with Crippen molar-refractivity contribution in [2.45, 2.75) is 231 Å². The minimum absolute atomic E-state index is 0.112. The molecule has 2 aromatic rings. The van der Waals surface area contributed by atoms with Gasteiger partial charge < -0.3 is 10.2 Å². The summed E-state index contributed by atoms with van der Waals surface area (Å²) in [6.45, 7) is 9.10. The first-order valence-electron chi connectivity index (χ1n) is 22.6. The zero-order valence-corrected chi connectivity index (χ0v) is 34.2. The van der Waals surface area contributed by atoms with E-state index in [1.54, 1.807) is 0 Å². The second-order valence-electron chi connectivity index (χ2n) is 17.1. The summed E-state index contributed by atoms with van der Waals surface area (Å²) in [6.07, 6.45) is 31.0. The molecular formula is C49H78O3. The van der Waals surface area contributed by atoms with E-state index in [-0.39, 0.29) is 17.6 Å². The first-order valence-corrected chi connectivity index (χ1v) is 22.6. The largest absolute Gasteiger partial charge is 0.385 e. The fraction of sp³-hybridized carbons (Fsp3) is 0.735. The summed E-state index contributed by atoms with van der Waals surface area (Å²) in [5, 5.41) is 24.8. The molecule has 2 fully saturated rings. The number of unbranched alkanes of at least 4 members (excludes halogenated alkanes) is 10. The van der Waals surface area contributed by atoms with Gasteiger partial charge >= 0.3 is 0 Å². The third kappa shape index (κ3) is 11.5. The SMILES string of the molecule is CCCCCCCCC(CCC)c1c(C(=O)c2cccc(C3(O)CCCCC3)c2C(CCC)CCCCCCCC)cccc1C1(O)CCCCC1. The fourth-order valence-corrected chi connectivity index (χ4v) is 10.1. The Kier molecular flexibility index (Phi) is 18.4. The Hall–Kier alpha value is -1.97. The van der Waals surface area contributed by atoms with E-state index in [4.69, 9.17) is 0 Å². The van der Waals surface area contributed by atoms with Crippen molar-refractivity contribution in [3.05, 3.63) is 69.8 Å². The van der Waals surface area contributed by atoms with Crippen LogP contribution in [-0.4, -0.2) is 16.0 Å². The Morgan fingerprint density at radius 2 is 0.865 bits per heavy atom. The molecule has 3 heteroatoms. The van der Waals surface area contributed by atoms with Crippen LogP contribution in [0.2, 0.25) is 0 Å². The summed E-state index contributed by atoms with van der Waals surface area (Å²) in [4.78, 5) is 15.5. The molecule has 0 spiro atoms. The maximum atomic E-state index is 15.5. The van der Waals surface area contributed by atoms with Crippen LogP contribution >= 0.6 is 0 Å². The molecule has 0 aromatic heterocycles. The summed E-state index contributed by atoms with van der Waals surface area (Å²) >= 11 is 0. The van der Waals surface area contributed by atoms with E-state index < -0.39 is 11.2 Å². The highest BCUT2D eigenvalue weighted by Crippen LogP contribution is 2.47. The summed E-state index contributed by atoms with van der Waals surface area (Å²) in [7, 11) is 0. The second-order valence-corrected chi connectivity index (χ2v) is 17.1. The number of benzene rings is 2. The van der Waals surface area contributed by atoms with E-state index in [0.717, 1.165) is 123 Å². The van der Waals surface area contributed by atoms with Crippen molar-refractivity contribution in [3.63, 3.8) is 0 Å². The van der Waals surface area contributed by atoms with E-state index in [1.165, 1.54) is 89.9 Å². The Balaban J connectivity index is 1.83. The molecule has 0 heterocycles. The Labute approximate surface area is 320 Å². The maximum absolute atomic E-state index is 15.5. The number of aliphatic hydroxyl groups is 2. The highest BCUT2D eigenvalue weighted by Gasteiger charge is 2.39. The fourth-order valence-electron chi connectivity index (χ4n) is 10.1. The molecule has 4 rings (SSSR count). The van der Waals surface area contributed by atoms with Gasteiger partial charge in [-0.3, -0.25) is 4.79 Å². The van der Waals surface area contributed by atoms with Crippen LogP contribution in [0, 0.1) is 0 Å². The van der Waals surface area contributed by atoms with Crippen molar-refractivity contribution in [1.29, 1.82) is 0 Å². The van der Waals surface area contributed by atoms with Crippen molar-refractivity contribution in [3.8, 4) is 0 Å². The van der Waals surface area contributed by atoms with Crippen LogP contribution in [0.4, 0.5) is 0 Å². The number of carbonyl (C=O) groups excluding carboxylic acids is 1.